The van der Waals surface area contributed by atoms with E-state index in [1.165, 1.54) is 12.8 Å². The summed E-state index contributed by atoms with van der Waals surface area (Å²) in [7, 11) is 0. The standard InChI is InChI=1S/C27H31F6NO2.ClH/c28-26(29,30)21-12-19(13-22(14-21)27(31,32)33)24(16-35)36-17-25(20-4-2-1-3-5-20)10-8-23(9-11-25)34-15-18-6-7-18;/h1-5,12-14,18,23-24,34-35H,6-11,15-17H2;1H/t23?,24-,25?;/m1./s1. The monoisotopic (exact) mass is 551 g/mol. The molecule has 0 spiro atoms. The molecule has 1 atom stereocenters. The summed E-state index contributed by atoms with van der Waals surface area (Å²) in [6, 6.07) is 11.4. The number of halogens is 7. The molecule has 2 aromatic rings. The largest absolute Gasteiger partial charge is 0.416 e. The van der Waals surface area contributed by atoms with Crippen molar-refractivity contribution in [1.82, 2.24) is 5.32 Å². The van der Waals surface area contributed by atoms with E-state index in [1.54, 1.807) is 0 Å². The van der Waals surface area contributed by atoms with E-state index < -0.39 is 41.6 Å². The molecule has 37 heavy (non-hydrogen) atoms. The summed E-state index contributed by atoms with van der Waals surface area (Å²) in [5.74, 6) is 0.758. The van der Waals surface area contributed by atoms with E-state index in [9.17, 15) is 31.4 Å². The molecule has 10 heteroatoms. The number of aliphatic hydroxyl groups is 1. The number of alkyl halides is 6. The maximum absolute atomic E-state index is 13.3. The number of benzene rings is 2. The van der Waals surface area contributed by atoms with Gasteiger partial charge < -0.3 is 15.2 Å². The molecule has 0 aromatic heterocycles. The van der Waals surface area contributed by atoms with Gasteiger partial charge in [0.05, 0.1) is 24.3 Å². The van der Waals surface area contributed by atoms with Crippen molar-refractivity contribution in [3.63, 3.8) is 0 Å². The first-order chi connectivity index (χ1) is 17.0. The number of rotatable bonds is 9. The molecule has 0 unspecified atom stereocenters. The zero-order chi connectivity index (χ0) is 26.0. The van der Waals surface area contributed by atoms with Crippen LogP contribution in [0.5, 0.6) is 0 Å². The Kier molecular flexibility index (Phi) is 9.59. The van der Waals surface area contributed by atoms with Gasteiger partial charge in [-0.1, -0.05) is 30.3 Å². The summed E-state index contributed by atoms with van der Waals surface area (Å²) in [4.78, 5) is 0. The molecule has 206 valence electrons. The Morgan fingerprint density at radius 1 is 0.892 bits per heavy atom. The third-order valence-corrected chi connectivity index (χ3v) is 7.43. The smallest absolute Gasteiger partial charge is 0.393 e. The number of ether oxygens (including phenoxy) is 1. The van der Waals surface area contributed by atoms with Crippen LogP contribution in [-0.2, 0) is 22.5 Å². The maximum Gasteiger partial charge on any atom is 0.416 e. The lowest BCUT2D eigenvalue weighted by atomic mass is 9.68. The van der Waals surface area contributed by atoms with E-state index in [1.807, 2.05) is 30.3 Å². The van der Waals surface area contributed by atoms with Crippen molar-refractivity contribution in [3.8, 4) is 0 Å². The highest BCUT2D eigenvalue weighted by Gasteiger charge is 2.40. The predicted molar refractivity (Wildman–Crippen MR) is 131 cm³/mol. The molecular weight excluding hydrogens is 520 g/mol. The van der Waals surface area contributed by atoms with Gasteiger partial charge in [0.1, 0.15) is 6.10 Å². The van der Waals surface area contributed by atoms with E-state index in [0.717, 1.165) is 43.7 Å². The Morgan fingerprint density at radius 3 is 1.95 bits per heavy atom. The summed E-state index contributed by atoms with van der Waals surface area (Å²) < 4.78 is 86.0. The highest BCUT2D eigenvalue weighted by atomic mass is 35.5. The molecule has 0 heterocycles. The van der Waals surface area contributed by atoms with Gasteiger partial charge >= 0.3 is 12.4 Å². The third-order valence-electron chi connectivity index (χ3n) is 7.43. The Labute approximate surface area is 219 Å². The minimum absolute atomic E-state index is 0. The number of aliphatic hydroxyl groups excluding tert-OH is 1. The highest BCUT2D eigenvalue weighted by molar-refractivity contribution is 5.85. The Morgan fingerprint density at radius 2 is 1.46 bits per heavy atom. The van der Waals surface area contributed by atoms with Crippen LogP contribution in [0.3, 0.4) is 0 Å². The Bertz CT molecular complexity index is 970. The SMILES string of the molecule is Cl.OC[C@@H](OCC1(c2ccccc2)CCC(NCC2CC2)CC1)c1cc(C(F)(F)F)cc(C(F)(F)F)c1. The summed E-state index contributed by atoms with van der Waals surface area (Å²) in [5, 5.41) is 13.5. The minimum atomic E-state index is -4.97. The van der Waals surface area contributed by atoms with Crippen molar-refractivity contribution >= 4 is 12.4 Å². The molecule has 2 saturated carbocycles. The molecular formula is C27H32ClF6NO2. The average Bonchev–Trinajstić information content (AvgIpc) is 3.68. The first-order valence-corrected chi connectivity index (χ1v) is 12.3. The van der Waals surface area contributed by atoms with E-state index in [4.69, 9.17) is 4.74 Å². The lowest BCUT2D eigenvalue weighted by Gasteiger charge is -2.41. The molecule has 2 N–H and O–H groups in total. The van der Waals surface area contributed by atoms with Gasteiger partial charge in [0.25, 0.3) is 0 Å². The van der Waals surface area contributed by atoms with Crippen LogP contribution in [0.25, 0.3) is 0 Å². The molecule has 0 aliphatic heterocycles. The fourth-order valence-corrected chi connectivity index (χ4v) is 5.02. The predicted octanol–water partition coefficient (Wildman–Crippen LogP) is 7.08. The van der Waals surface area contributed by atoms with Crippen LogP contribution in [0.15, 0.2) is 48.5 Å². The molecule has 0 bridgehead atoms. The summed E-state index contributed by atoms with van der Waals surface area (Å²) in [5.41, 5.74) is -2.62. The van der Waals surface area contributed by atoms with Crippen LogP contribution in [0.2, 0.25) is 0 Å². The van der Waals surface area contributed by atoms with E-state index in [2.05, 4.69) is 5.32 Å². The lowest BCUT2D eigenvalue weighted by Crippen LogP contribution is -2.43. The van der Waals surface area contributed by atoms with Gasteiger partial charge in [-0.3, -0.25) is 0 Å². The van der Waals surface area contributed by atoms with Crippen molar-refractivity contribution in [2.24, 2.45) is 5.92 Å². The molecule has 0 amide bonds. The molecule has 0 radical (unpaired) electrons. The van der Waals surface area contributed by atoms with Crippen LogP contribution < -0.4 is 5.32 Å². The van der Waals surface area contributed by atoms with Gasteiger partial charge in [0, 0.05) is 11.5 Å². The van der Waals surface area contributed by atoms with Crippen LogP contribution >= 0.6 is 12.4 Å². The van der Waals surface area contributed by atoms with Crippen LogP contribution in [0, 0.1) is 5.92 Å². The zero-order valence-corrected chi connectivity index (χ0v) is 21.1. The average molecular weight is 552 g/mol. The fourth-order valence-electron chi connectivity index (χ4n) is 5.02. The van der Waals surface area contributed by atoms with Gasteiger partial charge in [0.2, 0.25) is 0 Å². The van der Waals surface area contributed by atoms with Crippen molar-refractivity contribution in [3.05, 3.63) is 70.8 Å². The van der Waals surface area contributed by atoms with Gasteiger partial charge in [-0.15, -0.1) is 12.4 Å². The number of nitrogens with one attached hydrogen (secondary N) is 1. The normalized spacial score (nSPS) is 23.4. The quantitative estimate of drug-likeness (QED) is 0.327. The summed E-state index contributed by atoms with van der Waals surface area (Å²) in [6.45, 7) is 0.341. The molecule has 2 fully saturated rings. The van der Waals surface area contributed by atoms with Crippen LogP contribution in [0.1, 0.15) is 66.9 Å². The highest BCUT2D eigenvalue weighted by Crippen LogP contribution is 2.42. The summed E-state index contributed by atoms with van der Waals surface area (Å²) >= 11 is 0. The van der Waals surface area contributed by atoms with E-state index >= 15 is 0 Å². The van der Waals surface area contributed by atoms with Crippen molar-refractivity contribution in [1.29, 1.82) is 0 Å². The van der Waals surface area contributed by atoms with E-state index in [0.29, 0.717) is 18.2 Å². The van der Waals surface area contributed by atoms with Gasteiger partial charge in [-0.05, 0) is 80.3 Å². The summed E-state index contributed by atoms with van der Waals surface area (Å²) in [6.07, 6.45) is -5.44. The molecule has 0 saturated heterocycles. The zero-order valence-electron chi connectivity index (χ0n) is 20.2. The second-order valence-corrected chi connectivity index (χ2v) is 10.1. The molecule has 2 aliphatic carbocycles. The molecule has 2 aliphatic rings. The first-order valence-electron chi connectivity index (χ1n) is 12.3. The maximum atomic E-state index is 13.3. The fraction of sp³-hybridized carbons (Fsp3) is 0.556. The van der Waals surface area contributed by atoms with Crippen molar-refractivity contribution in [2.75, 3.05) is 19.8 Å². The Hall–Kier alpha value is -1.81. The van der Waals surface area contributed by atoms with Gasteiger partial charge in [-0.25, -0.2) is 0 Å². The molecule has 2 aromatic carbocycles. The number of hydrogen-bond acceptors (Lipinski definition) is 3. The van der Waals surface area contributed by atoms with Crippen molar-refractivity contribution < 1.29 is 36.2 Å². The second kappa shape index (κ2) is 11.9. The minimum Gasteiger partial charge on any atom is -0.393 e. The Balaban J connectivity index is 0.00000380. The van der Waals surface area contributed by atoms with Gasteiger partial charge in [-0.2, -0.15) is 26.3 Å². The molecule has 4 rings (SSSR count). The third kappa shape index (κ3) is 7.62. The molecule has 3 nitrogen and oxygen atoms in total. The first kappa shape index (κ1) is 29.7. The topological polar surface area (TPSA) is 41.5 Å². The van der Waals surface area contributed by atoms with Crippen LogP contribution in [0.4, 0.5) is 26.3 Å². The van der Waals surface area contributed by atoms with E-state index in [-0.39, 0.29) is 30.6 Å². The lowest BCUT2D eigenvalue weighted by molar-refractivity contribution is -0.143. The van der Waals surface area contributed by atoms with Crippen molar-refractivity contribution in [2.45, 2.75) is 68.4 Å². The second-order valence-electron chi connectivity index (χ2n) is 10.1. The van der Waals surface area contributed by atoms with Gasteiger partial charge in [0.15, 0.2) is 0 Å². The number of hydrogen-bond donors (Lipinski definition) is 2. The van der Waals surface area contributed by atoms with Crippen LogP contribution in [-0.4, -0.2) is 30.9 Å².